The van der Waals surface area contributed by atoms with Crippen molar-refractivity contribution in [1.29, 1.82) is 0 Å². The van der Waals surface area contributed by atoms with E-state index in [2.05, 4.69) is 193 Å². The Kier molecular flexibility index (Phi) is 6.17. The lowest BCUT2D eigenvalue weighted by Crippen LogP contribution is -2.25. The van der Waals surface area contributed by atoms with Crippen LogP contribution in [0.5, 0.6) is 0 Å². The van der Waals surface area contributed by atoms with Crippen LogP contribution < -0.4 is 4.90 Å². The maximum atomic E-state index is 2.49. The molecule has 2 heteroatoms. The molecule has 0 atom stereocenters. The third-order valence-electron chi connectivity index (χ3n) is 11.1. The van der Waals surface area contributed by atoms with E-state index in [1.54, 1.807) is 0 Å². The Morgan fingerprint density at radius 2 is 0.902 bits per heavy atom. The van der Waals surface area contributed by atoms with Gasteiger partial charge in [-0.15, -0.1) is 0 Å². The molecule has 0 radical (unpaired) electrons. The number of rotatable bonds is 3. The highest BCUT2D eigenvalue weighted by Gasteiger charge is 2.52. The second kappa shape index (κ2) is 11.0. The van der Waals surface area contributed by atoms with E-state index in [9.17, 15) is 0 Å². The summed E-state index contributed by atoms with van der Waals surface area (Å²) in [5, 5.41) is 0. The lowest BCUT2D eigenvalue weighted by atomic mass is 9.70. The van der Waals surface area contributed by atoms with Gasteiger partial charge in [-0.25, -0.2) is 0 Å². The summed E-state index contributed by atoms with van der Waals surface area (Å²) < 4.78 is 0. The van der Waals surface area contributed by atoms with E-state index in [1.165, 1.54) is 87.9 Å². The normalized spacial score (nSPS) is 13.9. The summed E-state index contributed by atoms with van der Waals surface area (Å²) in [6, 6.07) is 69.7. The van der Waals surface area contributed by atoms with Gasteiger partial charge < -0.3 is 4.90 Å². The monoisotopic (exact) mass is 665 g/mol. The van der Waals surface area contributed by atoms with Crippen LogP contribution in [-0.4, -0.2) is 0 Å². The second-order valence-electron chi connectivity index (χ2n) is 13.6. The molecule has 0 aromatic heterocycles. The Balaban J connectivity index is 1.11. The molecular weight excluding hydrogens is 635 g/mol. The van der Waals surface area contributed by atoms with Crippen LogP contribution in [0.15, 0.2) is 198 Å². The fourth-order valence-corrected chi connectivity index (χ4v) is 10.1. The Morgan fingerprint density at radius 3 is 1.59 bits per heavy atom. The van der Waals surface area contributed by atoms with Crippen molar-refractivity contribution in [2.45, 2.75) is 15.2 Å². The number of hydrogen-bond acceptors (Lipinski definition) is 2. The van der Waals surface area contributed by atoms with Gasteiger partial charge in [0.05, 0.1) is 16.8 Å². The number of benzene rings is 8. The zero-order valence-corrected chi connectivity index (χ0v) is 28.6. The van der Waals surface area contributed by atoms with Crippen molar-refractivity contribution in [2.24, 2.45) is 0 Å². The summed E-state index contributed by atoms with van der Waals surface area (Å²) >= 11 is 1.84. The molecule has 0 bridgehead atoms. The summed E-state index contributed by atoms with van der Waals surface area (Å²) in [7, 11) is 0. The van der Waals surface area contributed by atoms with Gasteiger partial charge in [-0.2, -0.15) is 0 Å². The fourth-order valence-electron chi connectivity index (χ4n) is 9.01. The van der Waals surface area contributed by atoms with Crippen LogP contribution >= 0.6 is 11.8 Å². The van der Waals surface area contributed by atoms with Gasteiger partial charge in [0.25, 0.3) is 0 Å². The summed E-state index contributed by atoms with van der Waals surface area (Å²) in [5.74, 6) is 0. The second-order valence-corrected chi connectivity index (χ2v) is 14.7. The van der Waals surface area contributed by atoms with Crippen LogP contribution in [0, 0.1) is 0 Å². The number of para-hydroxylation sites is 2. The first-order chi connectivity index (χ1) is 25.3. The SMILES string of the molecule is c1ccc(-c2cccc3c2-c2ccc(-c4ccc(N5c6ccccc6Sc6ccccc65)cc4)cc2C32c3ccccc3-c3ccccc32)cc1. The van der Waals surface area contributed by atoms with Crippen molar-refractivity contribution in [2.75, 3.05) is 4.90 Å². The van der Waals surface area contributed by atoms with Crippen molar-refractivity contribution in [3.05, 3.63) is 210 Å². The van der Waals surface area contributed by atoms with Gasteiger partial charge in [-0.1, -0.05) is 157 Å². The van der Waals surface area contributed by atoms with E-state index in [1.807, 2.05) is 11.8 Å². The molecule has 0 amide bonds. The van der Waals surface area contributed by atoms with E-state index in [4.69, 9.17) is 0 Å². The van der Waals surface area contributed by atoms with E-state index < -0.39 is 5.41 Å². The molecule has 1 spiro atoms. The number of hydrogen-bond donors (Lipinski definition) is 0. The lowest BCUT2D eigenvalue weighted by Gasteiger charge is -2.33. The van der Waals surface area contributed by atoms with Crippen molar-refractivity contribution < 1.29 is 0 Å². The predicted octanol–water partition coefficient (Wildman–Crippen LogP) is 13.3. The molecule has 0 fully saturated rings. The summed E-state index contributed by atoms with van der Waals surface area (Å²) in [4.78, 5) is 4.95. The zero-order valence-electron chi connectivity index (χ0n) is 27.8. The molecule has 0 N–H and O–H groups in total. The Morgan fingerprint density at radius 1 is 0.353 bits per heavy atom. The van der Waals surface area contributed by atoms with Crippen LogP contribution in [0.2, 0.25) is 0 Å². The minimum absolute atomic E-state index is 0.405. The average molecular weight is 666 g/mol. The molecule has 1 nitrogen and oxygen atoms in total. The highest BCUT2D eigenvalue weighted by atomic mass is 32.2. The molecule has 8 aromatic rings. The maximum Gasteiger partial charge on any atom is 0.0725 e. The molecule has 0 unspecified atom stereocenters. The van der Waals surface area contributed by atoms with Gasteiger partial charge in [0, 0.05) is 15.5 Å². The molecule has 3 aliphatic rings. The van der Waals surface area contributed by atoms with Gasteiger partial charge in [0.1, 0.15) is 0 Å². The molecule has 238 valence electrons. The summed E-state index contributed by atoms with van der Waals surface area (Å²) in [5.41, 5.74) is 18.9. The van der Waals surface area contributed by atoms with Crippen molar-refractivity contribution >= 4 is 28.8 Å². The van der Waals surface area contributed by atoms with Crippen molar-refractivity contribution in [1.82, 2.24) is 0 Å². The standard InChI is InChI=1S/C49H31NS/c1-2-13-33(14-3-1)36-17-12-20-42-48(36)39-30-27-34(31-43(39)49(42)40-18-6-4-15-37(40)38-16-5-7-19-41(38)49)32-25-28-35(29-26-32)50-44-21-8-10-23-46(44)51-47-24-11-9-22-45(47)50/h1-31H. The predicted molar refractivity (Wildman–Crippen MR) is 212 cm³/mol. The smallest absolute Gasteiger partial charge is 0.0725 e. The fraction of sp³-hybridized carbons (Fsp3) is 0.0204. The van der Waals surface area contributed by atoms with E-state index in [0.717, 1.165) is 5.69 Å². The number of fused-ring (bicyclic) bond motifs is 12. The molecule has 1 aliphatic heterocycles. The first kappa shape index (κ1) is 28.7. The lowest BCUT2D eigenvalue weighted by molar-refractivity contribution is 0.794. The van der Waals surface area contributed by atoms with Crippen LogP contribution in [0.4, 0.5) is 17.1 Å². The molecule has 11 rings (SSSR count). The third-order valence-corrected chi connectivity index (χ3v) is 12.2. The van der Waals surface area contributed by atoms with Gasteiger partial charge in [0.15, 0.2) is 0 Å². The Labute approximate surface area is 302 Å². The first-order valence-corrected chi connectivity index (χ1v) is 18.4. The zero-order chi connectivity index (χ0) is 33.5. The Hall–Kier alpha value is -6.09. The minimum Gasteiger partial charge on any atom is -0.308 e. The average Bonchev–Trinajstić information content (AvgIpc) is 3.67. The van der Waals surface area contributed by atoms with Crippen molar-refractivity contribution in [3.8, 4) is 44.5 Å². The van der Waals surface area contributed by atoms with Gasteiger partial charge in [-0.3, -0.25) is 0 Å². The maximum absolute atomic E-state index is 2.49. The molecule has 51 heavy (non-hydrogen) atoms. The van der Waals surface area contributed by atoms with Crippen LogP contribution in [-0.2, 0) is 5.41 Å². The van der Waals surface area contributed by atoms with E-state index in [0.29, 0.717) is 0 Å². The largest absolute Gasteiger partial charge is 0.308 e. The first-order valence-electron chi connectivity index (χ1n) is 17.6. The molecule has 8 aromatic carbocycles. The number of anilines is 3. The molecule has 0 saturated heterocycles. The number of nitrogens with zero attached hydrogens (tertiary/aromatic N) is 1. The highest BCUT2D eigenvalue weighted by molar-refractivity contribution is 7.99. The van der Waals surface area contributed by atoms with Crippen LogP contribution in [0.1, 0.15) is 22.3 Å². The van der Waals surface area contributed by atoms with Crippen molar-refractivity contribution in [3.63, 3.8) is 0 Å². The van der Waals surface area contributed by atoms with Crippen LogP contribution in [0.25, 0.3) is 44.5 Å². The molecule has 0 saturated carbocycles. The summed E-state index contributed by atoms with van der Waals surface area (Å²) in [6.45, 7) is 0. The summed E-state index contributed by atoms with van der Waals surface area (Å²) in [6.07, 6.45) is 0. The molecular formula is C49H31NS. The van der Waals surface area contributed by atoms with Gasteiger partial charge in [0.2, 0.25) is 0 Å². The van der Waals surface area contributed by atoms with Crippen LogP contribution in [0.3, 0.4) is 0 Å². The third kappa shape index (κ3) is 4.00. The topological polar surface area (TPSA) is 3.24 Å². The Bertz CT molecular complexity index is 2580. The molecule has 1 heterocycles. The minimum atomic E-state index is -0.405. The van der Waals surface area contributed by atoms with E-state index >= 15 is 0 Å². The van der Waals surface area contributed by atoms with Gasteiger partial charge >= 0.3 is 0 Å². The molecule has 2 aliphatic carbocycles. The van der Waals surface area contributed by atoms with Gasteiger partial charge in [-0.05, 0) is 109 Å². The highest BCUT2D eigenvalue weighted by Crippen LogP contribution is 2.64. The van der Waals surface area contributed by atoms with E-state index in [-0.39, 0.29) is 0 Å². The quantitative estimate of drug-likeness (QED) is 0.185.